The lowest BCUT2D eigenvalue weighted by Gasteiger charge is -2.29. The van der Waals surface area contributed by atoms with Crippen molar-refractivity contribution in [2.45, 2.75) is 26.3 Å². The van der Waals surface area contributed by atoms with Crippen molar-refractivity contribution in [2.24, 2.45) is 0 Å². The minimum absolute atomic E-state index is 0.247. The molecule has 1 heterocycles. The number of halogens is 1. The van der Waals surface area contributed by atoms with Gasteiger partial charge >= 0.3 is 0 Å². The predicted molar refractivity (Wildman–Crippen MR) is 90.2 cm³/mol. The molecule has 0 aliphatic carbocycles. The molecule has 0 spiro atoms. The number of nitrogens with one attached hydrogen (secondary N) is 1. The number of aryl methyl sites for hydroxylation is 2. The first-order valence-corrected chi connectivity index (χ1v) is 8.06. The smallest absolute Gasteiger partial charge is 0.133 e. The van der Waals surface area contributed by atoms with E-state index in [1.54, 1.807) is 7.11 Å². The van der Waals surface area contributed by atoms with E-state index in [1.165, 1.54) is 27.8 Å². The van der Waals surface area contributed by atoms with Crippen molar-refractivity contribution in [1.82, 2.24) is 5.32 Å². The van der Waals surface area contributed by atoms with E-state index in [2.05, 4.69) is 65.4 Å². The first kappa shape index (κ1) is 14.6. The van der Waals surface area contributed by atoms with E-state index in [9.17, 15) is 0 Å². The summed E-state index contributed by atoms with van der Waals surface area (Å²) in [4.78, 5) is 0. The maximum atomic E-state index is 5.47. The maximum absolute atomic E-state index is 5.47. The maximum Gasteiger partial charge on any atom is 0.133 e. The van der Waals surface area contributed by atoms with Crippen LogP contribution in [0.5, 0.6) is 5.75 Å². The number of rotatable bonds is 2. The molecule has 2 aromatic carbocycles. The average Bonchev–Trinajstić information content (AvgIpc) is 2.46. The molecule has 1 unspecified atom stereocenters. The lowest BCUT2D eigenvalue weighted by molar-refractivity contribution is 0.410. The molecule has 1 atom stereocenters. The van der Waals surface area contributed by atoms with Gasteiger partial charge in [0.05, 0.1) is 17.6 Å². The van der Waals surface area contributed by atoms with Gasteiger partial charge in [0.2, 0.25) is 0 Å². The number of benzene rings is 2. The molecule has 1 N–H and O–H groups in total. The van der Waals surface area contributed by atoms with Crippen LogP contribution >= 0.6 is 15.9 Å². The monoisotopic (exact) mass is 345 g/mol. The molecule has 3 rings (SSSR count). The van der Waals surface area contributed by atoms with Gasteiger partial charge in [0, 0.05) is 6.54 Å². The van der Waals surface area contributed by atoms with Crippen molar-refractivity contribution in [2.75, 3.05) is 13.7 Å². The van der Waals surface area contributed by atoms with Crippen molar-refractivity contribution < 1.29 is 4.74 Å². The lowest BCUT2D eigenvalue weighted by atomic mass is 9.87. The van der Waals surface area contributed by atoms with Crippen molar-refractivity contribution in [1.29, 1.82) is 0 Å². The van der Waals surface area contributed by atoms with Crippen LogP contribution in [-0.4, -0.2) is 13.7 Å². The second-order valence-electron chi connectivity index (χ2n) is 5.68. The van der Waals surface area contributed by atoms with Crippen LogP contribution in [0.15, 0.2) is 34.8 Å². The third kappa shape index (κ3) is 2.72. The van der Waals surface area contributed by atoms with Crippen molar-refractivity contribution in [3.05, 3.63) is 62.6 Å². The number of ether oxygens (including phenoxy) is 1. The average molecular weight is 346 g/mol. The van der Waals surface area contributed by atoms with Gasteiger partial charge in [-0.1, -0.05) is 23.8 Å². The Labute approximate surface area is 134 Å². The van der Waals surface area contributed by atoms with E-state index in [0.29, 0.717) is 0 Å². The van der Waals surface area contributed by atoms with Crippen molar-refractivity contribution in [3.63, 3.8) is 0 Å². The number of fused-ring (bicyclic) bond motifs is 1. The zero-order valence-electron chi connectivity index (χ0n) is 12.7. The van der Waals surface area contributed by atoms with Crippen LogP contribution in [0.25, 0.3) is 0 Å². The molecule has 2 aromatic rings. The Kier molecular flexibility index (Phi) is 4.05. The minimum atomic E-state index is 0.247. The minimum Gasteiger partial charge on any atom is -0.496 e. The molecule has 0 saturated heterocycles. The van der Waals surface area contributed by atoms with Crippen molar-refractivity contribution >= 4 is 15.9 Å². The molecule has 110 valence electrons. The Morgan fingerprint density at radius 3 is 2.67 bits per heavy atom. The van der Waals surface area contributed by atoms with Gasteiger partial charge in [-0.2, -0.15) is 0 Å². The van der Waals surface area contributed by atoms with E-state index in [-0.39, 0.29) is 6.04 Å². The highest BCUT2D eigenvalue weighted by molar-refractivity contribution is 9.10. The zero-order chi connectivity index (χ0) is 15.0. The van der Waals surface area contributed by atoms with Gasteiger partial charge < -0.3 is 10.1 Å². The third-order valence-corrected chi connectivity index (χ3v) is 4.82. The Morgan fingerprint density at radius 1 is 1.14 bits per heavy atom. The SMILES string of the molecule is COc1cc2c(cc1Br)CCNC2c1ccc(C)cc1C. The largest absolute Gasteiger partial charge is 0.496 e. The summed E-state index contributed by atoms with van der Waals surface area (Å²) >= 11 is 3.59. The normalized spacial score (nSPS) is 17.4. The molecule has 0 fully saturated rings. The highest BCUT2D eigenvalue weighted by atomic mass is 79.9. The molecule has 2 nitrogen and oxygen atoms in total. The highest BCUT2D eigenvalue weighted by Crippen LogP contribution is 2.37. The quantitative estimate of drug-likeness (QED) is 0.875. The summed E-state index contributed by atoms with van der Waals surface area (Å²) in [5, 5.41) is 3.65. The second-order valence-corrected chi connectivity index (χ2v) is 6.54. The van der Waals surface area contributed by atoms with Gasteiger partial charge in [0.15, 0.2) is 0 Å². The number of hydrogen-bond donors (Lipinski definition) is 1. The summed E-state index contributed by atoms with van der Waals surface area (Å²) in [5.74, 6) is 0.896. The van der Waals surface area contributed by atoms with Gasteiger partial charge in [-0.25, -0.2) is 0 Å². The van der Waals surface area contributed by atoms with E-state index >= 15 is 0 Å². The summed E-state index contributed by atoms with van der Waals surface area (Å²) in [6.45, 7) is 5.33. The van der Waals surface area contributed by atoms with Crippen LogP contribution in [0, 0.1) is 13.8 Å². The Morgan fingerprint density at radius 2 is 1.95 bits per heavy atom. The Balaban J connectivity index is 2.11. The lowest BCUT2D eigenvalue weighted by Crippen LogP contribution is -2.31. The van der Waals surface area contributed by atoms with E-state index < -0.39 is 0 Å². The molecule has 0 radical (unpaired) electrons. The zero-order valence-corrected chi connectivity index (χ0v) is 14.3. The molecule has 3 heteroatoms. The summed E-state index contributed by atoms with van der Waals surface area (Å²) in [6, 6.07) is 11.3. The van der Waals surface area contributed by atoms with E-state index in [4.69, 9.17) is 4.74 Å². The molecular weight excluding hydrogens is 326 g/mol. The fourth-order valence-electron chi connectivity index (χ4n) is 3.14. The molecule has 21 heavy (non-hydrogen) atoms. The molecule has 1 aliphatic heterocycles. The fraction of sp³-hybridized carbons (Fsp3) is 0.333. The summed E-state index contributed by atoms with van der Waals surface area (Å²) in [5.41, 5.74) is 6.72. The second kappa shape index (κ2) is 5.82. The van der Waals surface area contributed by atoms with Crippen LogP contribution in [0.1, 0.15) is 33.9 Å². The molecule has 0 amide bonds. The topological polar surface area (TPSA) is 21.3 Å². The molecular formula is C18H20BrNO. The van der Waals surface area contributed by atoms with Gasteiger partial charge in [0.1, 0.15) is 5.75 Å². The van der Waals surface area contributed by atoms with E-state index in [0.717, 1.165) is 23.2 Å². The summed E-state index contributed by atoms with van der Waals surface area (Å²) < 4.78 is 6.50. The van der Waals surface area contributed by atoms with Crippen molar-refractivity contribution in [3.8, 4) is 5.75 Å². The summed E-state index contributed by atoms with van der Waals surface area (Å²) in [7, 11) is 1.72. The molecule has 0 bridgehead atoms. The fourth-order valence-corrected chi connectivity index (χ4v) is 3.69. The van der Waals surface area contributed by atoms with Crippen LogP contribution in [0.2, 0.25) is 0 Å². The standard InChI is InChI=1S/C18H20BrNO/c1-11-4-5-14(12(2)8-11)18-15-10-17(21-3)16(19)9-13(15)6-7-20-18/h4-5,8-10,18,20H,6-7H2,1-3H3. The van der Waals surface area contributed by atoms with Crippen LogP contribution < -0.4 is 10.1 Å². The summed E-state index contributed by atoms with van der Waals surface area (Å²) in [6.07, 6.45) is 1.05. The first-order valence-electron chi connectivity index (χ1n) is 7.27. The number of methoxy groups -OCH3 is 1. The Hall–Kier alpha value is -1.32. The first-order chi connectivity index (χ1) is 10.1. The van der Waals surface area contributed by atoms with Crippen LogP contribution in [-0.2, 0) is 6.42 Å². The molecule has 0 saturated carbocycles. The Bertz CT molecular complexity index is 681. The molecule has 0 aromatic heterocycles. The highest BCUT2D eigenvalue weighted by Gasteiger charge is 2.24. The molecule has 1 aliphatic rings. The predicted octanol–water partition coefficient (Wildman–Crippen LogP) is 4.31. The van der Waals surface area contributed by atoms with Crippen LogP contribution in [0.3, 0.4) is 0 Å². The van der Waals surface area contributed by atoms with Gasteiger partial charge in [-0.3, -0.25) is 0 Å². The van der Waals surface area contributed by atoms with E-state index in [1.807, 2.05) is 0 Å². The van der Waals surface area contributed by atoms with Gasteiger partial charge in [-0.05, 0) is 70.6 Å². The van der Waals surface area contributed by atoms with Gasteiger partial charge in [-0.15, -0.1) is 0 Å². The third-order valence-electron chi connectivity index (χ3n) is 4.20. The van der Waals surface area contributed by atoms with Crippen LogP contribution in [0.4, 0.5) is 0 Å². The number of hydrogen-bond acceptors (Lipinski definition) is 2. The van der Waals surface area contributed by atoms with Gasteiger partial charge in [0.25, 0.3) is 0 Å².